The molecule has 0 saturated heterocycles. The molecule has 0 aliphatic carbocycles. The molecule has 0 atom stereocenters. The topological polar surface area (TPSA) is 15.3 Å². The summed E-state index contributed by atoms with van der Waals surface area (Å²) >= 11 is 0. The minimum Gasteiger partial charge on any atom is -0.381 e. The van der Waals surface area contributed by atoms with E-state index in [1.807, 2.05) is 19.9 Å². The highest BCUT2D eigenvalue weighted by molar-refractivity contribution is 5.76. The van der Waals surface area contributed by atoms with Gasteiger partial charge in [0.05, 0.1) is 0 Å². The highest BCUT2D eigenvalue weighted by Gasteiger charge is 2.19. The van der Waals surface area contributed by atoms with Gasteiger partial charge in [-0.1, -0.05) is 123 Å². The van der Waals surface area contributed by atoms with Gasteiger partial charge in [-0.15, -0.1) is 0 Å². The second-order valence-electron chi connectivity index (χ2n) is 9.44. The van der Waals surface area contributed by atoms with Crippen molar-refractivity contribution >= 4 is 11.4 Å². The monoisotopic (exact) mass is 516 g/mol. The Bertz CT molecular complexity index is 1340. The Labute approximate surface area is 236 Å². The maximum Gasteiger partial charge on any atom is 0.0487 e. The lowest BCUT2D eigenvalue weighted by molar-refractivity contribution is 0.503. The Morgan fingerprint density at radius 1 is 0.821 bits per heavy atom. The van der Waals surface area contributed by atoms with Crippen molar-refractivity contribution in [2.75, 3.05) is 13.1 Å². The predicted molar refractivity (Wildman–Crippen MR) is 172 cm³/mol. The van der Waals surface area contributed by atoms with Crippen LogP contribution < -0.4 is 5.32 Å². The molecule has 0 unspecified atom stereocenters. The molecule has 0 bridgehead atoms. The van der Waals surface area contributed by atoms with Crippen LogP contribution in [-0.4, -0.2) is 18.0 Å². The zero-order valence-electron chi connectivity index (χ0n) is 24.5. The average Bonchev–Trinajstić information content (AvgIpc) is 3.01. The summed E-state index contributed by atoms with van der Waals surface area (Å²) in [7, 11) is 0. The van der Waals surface area contributed by atoms with Crippen molar-refractivity contribution in [1.82, 2.24) is 10.2 Å². The number of hydrogen-bond acceptors (Lipinski definition) is 2. The van der Waals surface area contributed by atoms with Gasteiger partial charge in [0.25, 0.3) is 0 Å². The van der Waals surface area contributed by atoms with Crippen molar-refractivity contribution in [2.24, 2.45) is 0 Å². The third-order valence-corrected chi connectivity index (χ3v) is 6.78. The SMILES string of the molecule is C1=CCNC(c2ccccc2)=C1.CC.CC=C(CC)N1CC(C)=CC=C1c1cc(-c2ccccc2)ccc1C. The van der Waals surface area contributed by atoms with Gasteiger partial charge in [-0.05, 0) is 67.7 Å². The lowest BCUT2D eigenvalue weighted by atomic mass is 9.95. The van der Waals surface area contributed by atoms with Crippen LogP contribution in [0.5, 0.6) is 0 Å². The Kier molecular flexibility index (Phi) is 11.6. The second kappa shape index (κ2) is 15.4. The zero-order chi connectivity index (χ0) is 28.0. The van der Waals surface area contributed by atoms with Gasteiger partial charge >= 0.3 is 0 Å². The standard InChI is InChI=1S/C24H27N.C11H11N.C2H6/c1-5-22(6-2)25-17-18(3)12-15-24(25)23-16-21(14-13-19(23)4)20-10-8-7-9-11-20;1-2-6-10(7-3-1)11-8-4-5-9-12-11;1-2/h5,7-16H,6,17H2,1-4H3;1-8,12H,9H2;1-2H3. The van der Waals surface area contributed by atoms with Crippen LogP contribution in [0.2, 0.25) is 0 Å². The molecular formula is C37H44N2. The molecule has 2 aliphatic rings. The summed E-state index contributed by atoms with van der Waals surface area (Å²) in [6.45, 7) is 14.7. The summed E-state index contributed by atoms with van der Waals surface area (Å²) < 4.78 is 0. The van der Waals surface area contributed by atoms with E-state index in [4.69, 9.17) is 0 Å². The van der Waals surface area contributed by atoms with Gasteiger partial charge in [-0.2, -0.15) is 0 Å². The first-order chi connectivity index (χ1) is 19.1. The Balaban J connectivity index is 0.000000250. The van der Waals surface area contributed by atoms with Gasteiger partial charge in [-0.3, -0.25) is 0 Å². The third-order valence-electron chi connectivity index (χ3n) is 6.78. The number of aryl methyl sites for hydroxylation is 1. The lowest BCUT2D eigenvalue weighted by Gasteiger charge is -2.33. The Morgan fingerprint density at radius 2 is 1.49 bits per heavy atom. The van der Waals surface area contributed by atoms with Crippen molar-refractivity contribution in [2.45, 2.75) is 48.0 Å². The fourth-order valence-corrected chi connectivity index (χ4v) is 4.72. The van der Waals surface area contributed by atoms with E-state index in [0.29, 0.717) is 0 Å². The van der Waals surface area contributed by atoms with Crippen molar-refractivity contribution in [3.63, 3.8) is 0 Å². The van der Waals surface area contributed by atoms with E-state index >= 15 is 0 Å². The van der Waals surface area contributed by atoms with E-state index in [2.05, 4.69) is 147 Å². The summed E-state index contributed by atoms with van der Waals surface area (Å²) in [4.78, 5) is 2.46. The van der Waals surface area contributed by atoms with Crippen LogP contribution in [0.1, 0.15) is 57.7 Å². The molecule has 3 aromatic carbocycles. The highest BCUT2D eigenvalue weighted by Crippen LogP contribution is 2.33. The summed E-state index contributed by atoms with van der Waals surface area (Å²) in [5.41, 5.74) is 11.7. The summed E-state index contributed by atoms with van der Waals surface area (Å²) in [5.74, 6) is 0. The molecule has 0 fully saturated rings. The summed E-state index contributed by atoms with van der Waals surface area (Å²) in [5, 5.41) is 3.31. The quantitative estimate of drug-likeness (QED) is 0.363. The Morgan fingerprint density at radius 3 is 2.08 bits per heavy atom. The third kappa shape index (κ3) is 7.97. The predicted octanol–water partition coefficient (Wildman–Crippen LogP) is 9.79. The van der Waals surface area contributed by atoms with Gasteiger partial charge in [0.1, 0.15) is 0 Å². The molecule has 0 spiro atoms. The van der Waals surface area contributed by atoms with E-state index < -0.39 is 0 Å². The molecule has 202 valence electrons. The molecule has 2 heteroatoms. The van der Waals surface area contributed by atoms with Crippen molar-refractivity contribution in [3.05, 3.63) is 143 Å². The number of allylic oxidation sites excluding steroid dienone is 6. The van der Waals surface area contributed by atoms with E-state index in [9.17, 15) is 0 Å². The molecule has 39 heavy (non-hydrogen) atoms. The second-order valence-corrected chi connectivity index (χ2v) is 9.44. The highest BCUT2D eigenvalue weighted by atomic mass is 15.2. The molecule has 5 rings (SSSR count). The largest absolute Gasteiger partial charge is 0.381 e. The first-order valence-corrected chi connectivity index (χ1v) is 14.2. The molecule has 2 nitrogen and oxygen atoms in total. The van der Waals surface area contributed by atoms with Crippen LogP contribution in [0.3, 0.4) is 0 Å². The van der Waals surface area contributed by atoms with Crippen molar-refractivity contribution < 1.29 is 0 Å². The number of nitrogens with one attached hydrogen (secondary N) is 1. The van der Waals surface area contributed by atoms with Crippen LogP contribution in [0.25, 0.3) is 22.5 Å². The molecule has 0 aromatic heterocycles. The van der Waals surface area contributed by atoms with Crippen LogP contribution in [0.4, 0.5) is 0 Å². The minimum absolute atomic E-state index is 0.931. The van der Waals surface area contributed by atoms with Gasteiger partial charge < -0.3 is 10.2 Å². The van der Waals surface area contributed by atoms with E-state index in [1.54, 1.807) is 0 Å². The van der Waals surface area contributed by atoms with Gasteiger partial charge in [0, 0.05) is 35.7 Å². The smallest absolute Gasteiger partial charge is 0.0487 e. The molecule has 2 heterocycles. The van der Waals surface area contributed by atoms with Gasteiger partial charge in [0.15, 0.2) is 0 Å². The number of nitrogens with zero attached hydrogens (tertiary/aromatic N) is 1. The fourth-order valence-electron chi connectivity index (χ4n) is 4.72. The fraction of sp³-hybridized carbons (Fsp3) is 0.243. The van der Waals surface area contributed by atoms with Gasteiger partial charge in [0.2, 0.25) is 0 Å². The number of hydrogen-bond donors (Lipinski definition) is 1. The van der Waals surface area contributed by atoms with Crippen molar-refractivity contribution in [1.29, 1.82) is 0 Å². The molecule has 3 aromatic rings. The van der Waals surface area contributed by atoms with Crippen LogP contribution in [0.15, 0.2) is 127 Å². The molecule has 1 N–H and O–H groups in total. The number of rotatable bonds is 5. The molecule has 0 saturated carbocycles. The first kappa shape index (κ1) is 29.5. The van der Waals surface area contributed by atoms with E-state index in [1.165, 1.54) is 50.5 Å². The van der Waals surface area contributed by atoms with E-state index in [-0.39, 0.29) is 0 Å². The number of dihydropyridines is 1. The van der Waals surface area contributed by atoms with E-state index in [0.717, 1.165) is 19.5 Å². The zero-order valence-corrected chi connectivity index (χ0v) is 24.5. The number of benzene rings is 3. The first-order valence-electron chi connectivity index (χ1n) is 14.2. The molecule has 2 aliphatic heterocycles. The summed E-state index contributed by atoms with van der Waals surface area (Å²) in [6, 6.07) is 27.8. The van der Waals surface area contributed by atoms with Crippen LogP contribution >= 0.6 is 0 Å². The summed E-state index contributed by atoms with van der Waals surface area (Å²) in [6.07, 6.45) is 14.1. The lowest BCUT2D eigenvalue weighted by Crippen LogP contribution is -2.25. The van der Waals surface area contributed by atoms with Crippen molar-refractivity contribution in [3.8, 4) is 11.1 Å². The molecule has 0 amide bonds. The van der Waals surface area contributed by atoms with Crippen LogP contribution in [0, 0.1) is 6.92 Å². The average molecular weight is 517 g/mol. The van der Waals surface area contributed by atoms with Crippen LogP contribution in [-0.2, 0) is 0 Å². The maximum absolute atomic E-state index is 3.31. The van der Waals surface area contributed by atoms with Gasteiger partial charge in [-0.25, -0.2) is 0 Å². The maximum atomic E-state index is 3.31. The Hall–Kier alpha value is -4.04. The molecular weight excluding hydrogens is 472 g/mol. The minimum atomic E-state index is 0.931. The normalized spacial score (nSPS) is 14.5. The molecule has 0 radical (unpaired) electrons.